The van der Waals surface area contributed by atoms with E-state index in [0.29, 0.717) is 45.7 Å². The monoisotopic (exact) mass is 338 g/mol. The number of methoxy groups -OCH3 is 1. The molecule has 5 heteroatoms. The van der Waals surface area contributed by atoms with E-state index >= 15 is 0 Å². The van der Waals surface area contributed by atoms with Gasteiger partial charge in [0.25, 0.3) is 0 Å². The lowest BCUT2D eigenvalue weighted by molar-refractivity contribution is -0.00122. The summed E-state index contributed by atoms with van der Waals surface area (Å²) in [4.78, 5) is 0. The molecule has 1 aliphatic carbocycles. The van der Waals surface area contributed by atoms with Crippen LogP contribution in [0.25, 0.3) is 0 Å². The molecule has 0 N–H and O–H groups in total. The van der Waals surface area contributed by atoms with Crippen LogP contribution in [0.2, 0.25) is 0 Å². The smallest absolute Gasteiger partial charge is 0.0704 e. The molecule has 1 rings (SSSR count). The number of hydrogen-bond acceptors (Lipinski definition) is 4. The summed E-state index contributed by atoms with van der Waals surface area (Å²) in [6.45, 7) is 3.90. The third-order valence-electron chi connectivity index (χ3n) is 3.18. The van der Waals surface area contributed by atoms with Gasteiger partial charge >= 0.3 is 0 Å². The van der Waals surface area contributed by atoms with Gasteiger partial charge in [0.2, 0.25) is 0 Å². The quantitative estimate of drug-likeness (QED) is 0.360. The Hall–Kier alpha value is 0.320. The second-order valence-corrected chi connectivity index (χ2v) is 5.60. The summed E-state index contributed by atoms with van der Waals surface area (Å²) in [5, 5.41) is 1.12. The van der Waals surface area contributed by atoms with Crippen LogP contribution in [0, 0.1) is 5.92 Å². The highest BCUT2D eigenvalue weighted by molar-refractivity contribution is 9.09. The largest absolute Gasteiger partial charge is 0.382 e. The van der Waals surface area contributed by atoms with Crippen molar-refractivity contribution in [1.82, 2.24) is 0 Å². The highest BCUT2D eigenvalue weighted by Gasteiger charge is 2.36. The van der Waals surface area contributed by atoms with E-state index in [0.717, 1.165) is 11.2 Å². The maximum absolute atomic E-state index is 5.74. The molecule has 0 heterocycles. The molecule has 0 aromatic rings. The van der Waals surface area contributed by atoms with E-state index in [1.54, 1.807) is 7.11 Å². The van der Waals surface area contributed by atoms with Gasteiger partial charge in [0, 0.05) is 12.4 Å². The number of halogens is 1. The van der Waals surface area contributed by atoms with Crippen LogP contribution in [-0.2, 0) is 18.9 Å². The molecule has 0 amide bonds. The SMILES string of the molecule is COCCOCCOCCOC1CC1CCCCBr. The third-order valence-corrected chi connectivity index (χ3v) is 3.74. The Kier molecular flexibility index (Phi) is 11.1. The van der Waals surface area contributed by atoms with E-state index in [9.17, 15) is 0 Å². The zero-order valence-electron chi connectivity index (χ0n) is 11.9. The fraction of sp³-hybridized carbons (Fsp3) is 1.00. The zero-order chi connectivity index (χ0) is 13.8. The number of unbranched alkanes of at least 4 members (excludes halogenated alkanes) is 1. The van der Waals surface area contributed by atoms with Crippen molar-refractivity contribution in [2.75, 3.05) is 52.1 Å². The molecule has 4 nitrogen and oxygen atoms in total. The average molecular weight is 339 g/mol. The lowest BCUT2D eigenvalue weighted by Gasteiger charge is -2.06. The normalized spacial score (nSPS) is 21.8. The van der Waals surface area contributed by atoms with Gasteiger partial charge in [0.05, 0.1) is 45.7 Å². The van der Waals surface area contributed by atoms with E-state index in [1.165, 1.54) is 25.7 Å². The number of alkyl halides is 1. The van der Waals surface area contributed by atoms with Gasteiger partial charge in [-0.25, -0.2) is 0 Å². The van der Waals surface area contributed by atoms with Gasteiger partial charge in [-0.15, -0.1) is 0 Å². The fourth-order valence-corrected chi connectivity index (χ4v) is 2.35. The molecule has 0 bridgehead atoms. The molecule has 2 atom stereocenters. The standard InChI is InChI=1S/C14H27BrO4/c1-16-6-7-17-8-9-18-10-11-19-14-12-13(14)4-2-3-5-15/h13-14H,2-12H2,1H3. The molecule has 1 fully saturated rings. The summed E-state index contributed by atoms with van der Waals surface area (Å²) in [5.74, 6) is 0.802. The lowest BCUT2D eigenvalue weighted by atomic mass is 10.2. The van der Waals surface area contributed by atoms with E-state index in [-0.39, 0.29) is 0 Å². The summed E-state index contributed by atoms with van der Waals surface area (Å²) in [5.41, 5.74) is 0. The van der Waals surface area contributed by atoms with Gasteiger partial charge in [0.15, 0.2) is 0 Å². The minimum atomic E-state index is 0.497. The fourth-order valence-electron chi connectivity index (χ4n) is 1.95. The van der Waals surface area contributed by atoms with Gasteiger partial charge in [0.1, 0.15) is 0 Å². The topological polar surface area (TPSA) is 36.9 Å². The Morgan fingerprint density at radius 2 is 1.63 bits per heavy atom. The lowest BCUT2D eigenvalue weighted by Crippen LogP contribution is -2.12. The molecule has 0 aliphatic heterocycles. The molecule has 1 saturated carbocycles. The van der Waals surface area contributed by atoms with Crippen LogP contribution in [0.1, 0.15) is 25.7 Å². The van der Waals surface area contributed by atoms with Crippen LogP contribution < -0.4 is 0 Å². The van der Waals surface area contributed by atoms with Crippen molar-refractivity contribution in [2.45, 2.75) is 31.8 Å². The molecule has 1 aliphatic rings. The molecule has 0 spiro atoms. The molecule has 2 unspecified atom stereocenters. The second kappa shape index (κ2) is 12.1. The average Bonchev–Trinajstić information content (AvgIpc) is 3.16. The summed E-state index contributed by atoms with van der Waals surface area (Å²) in [7, 11) is 1.67. The van der Waals surface area contributed by atoms with Gasteiger partial charge in [-0.2, -0.15) is 0 Å². The Bertz CT molecular complexity index is 204. The van der Waals surface area contributed by atoms with Gasteiger partial charge < -0.3 is 18.9 Å². The highest BCUT2D eigenvalue weighted by atomic mass is 79.9. The molecular formula is C14H27BrO4. The maximum Gasteiger partial charge on any atom is 0.0704 e. The second-order valence-electron chi connectivity index (χ2n) is 4.81. The van der Waals surface area contributed by atoms with Gasteiger partial charge in [-0.05, 0) is 25.2 Å². The Morgan fingerprint density at radius 1 is 0.947 bits per heavy atom. The van der Waals surface area contributed by atoms with Crippen molar-refractivity contribution < 1.29 is 18.9 Å². The van der Waals surface area contributed by atoms with Crippen molar-refractivity contribution in [1.29, 1.82) is 0 Å². The summed E-state index contributed by atoms with van der Waals surface area (Å²) in [6, 6.07) is 0. The van der Waals surface area contributed by atoms with Crippen molar-refractivity contribution in [3.8, 4) is 0 Å². The molecule has 0 saturated heterocycles. The van der Waals surface area contributed by atoms with Crippen LogP contribution in [-0.4, -0.2) is 58.2 Å². The highest BCUT2D eigenvalue weighted by Crippen LogP contribution is 2.37. The third kappa shape index (κ3) is 9.79. The number of hydrogen-bond donors (Lipinski definition) is 0. The molecule has 114 valence electrons. The molecule has 0 aromatic heterocycles. The maximum atomic E-state index is 5.74. The van der Waals surface area contributed by atoms with Crippen molar-refractivity contribution >= 4 is 15.9 Å². The van der Waals surface area contributed by atoms with E-state index in [2.05, 4.69) is 15.9 Å². The molecular weight excluding hydrogens is 312 g/mol. The molecule has 0 radical (unpaired) electrons. The first-order chi connectivity index (χ1) is 9.38. The summed E-state index contributed by atoms with van der Waals surface area (Å²) >= 11 is 3.46. The van der Waals surface area contributed by atoms with E-state index in [4.69, 9.17) is 18.9 Å². The van der Waals surface area contributed by atoms with Crippen LogP contribution in [0.4, 0.5) is 0 Å². The predicted octanol–water partition coefficient (Wildman–Crippen LogP) is 2.64. The Morgan fingerprint density at radius 3 is 2.32 bits per heavy atom. The number of ether oxygens (including phenoxy) is 4. The first kappa shape index (κ1) is 17.4. The van der Waals surface area contributed by atoms with Gasteiger partial charge in [-0.3, -0.25) is 0 Å². The summed E-state index contributed by atoms with van der Waals surface area (Å²) in [6.07, 6.45) is 5.63. The molecule has 19 heavy (non-hydrogen) atoms. The van der Waals surface area contributed by atoms with Gasteiger partial charge in [-0.1, -0.05) is 22.4 Å². The van der Waals surface area contributed by atoms with Crippen LogP contribution in [0.15, 0.2) is 0 Å². The van der Waals surface area contributed by atoms with Crippen molar-refractivity contribution in [2.24, 2.45) is 5.92 Å². The van der Waals surface area contributed by atoms with Crippen LogP contribution >= 0.6 is 15.9 Å². The first-order valence-electron chi connectivity index (χ1n) is 7.20. The summed E-state index contributed by atoms with van der Waals surface area (Å²) < 4.78 is 21.3. The minimum absolute atomic E-state index is 0.497. The van der Waals surface area contributed by atoms with Crippen molar-refractivity contribution in [3.05, 3.63) is 0 Å². The van der Waals surface area contributed by atoms with E-state index < -0.39 is 0 Å². The van der Waals surface area contributed by atoms with E-state index in [1.807, 2.05) is 0 Å². The molecule has 0 aromatic carbocycles. The van der Waals surface area contributed by atoms with Crippen LogP contribution in [0.5, 0.6) is 0 Å². The van der Waals surface area contributed by atoms with Crippen LogP contribution in [0.3, 0.4) is 0 Å². The van der Waals surface area contributed by atoms with Crippen molar-refractivity contribution in [3.63, 3.8) is 0 Å². The Labute approximate surface area is 125 Å². The first-order valence-corrected chi connectivity index (χ1v) is 8.32. The number of rotatable bonds is 14. The minimum Gasteiger partial charge on any atom is -0.382 e. The zero-order valence-corrected chi connectivity index (χ0v) is 13.5. The Balaban J connectivity index is 1.73. The predicted molar refractivity (Wildman–Crippen MR) is 79.0 cm³/mol.